The fourth-order valence-electron chi connectivity index (χ4n) is 3.45. The van der Waals surface area contributed by atoms with Gasteiger partial charge < -0.3 is 14.0 Å². The Bertz CT molecular complexity index is 1300. The highest BCUT2D eigenvalue weighted by atomic mass is 32.1. The molecule has 1 aliphatic rings. The van der Waals surface area contributed by atoms with E-state index in [1.807, 2.05) is 60.9 Å². The third-order valence-electron chi connectivity index (χ3n) is 4.93. The molecule has 0 saturated heterocycles. The predicted molar refractivity (Wildman–Crippen MR) is 110 cm³/mol. The third-order valence-corrected chi connectivity index (χ3v) is 5.97. The van der Waals surface area contributed by atoms with Gasteiger partial charge in [0, 0.05) is 18.7 Å². The van der Waals surface area contributed by atoms with Gasteiger partial charge in [-0.1, -0.05) is 29.5 Å². The monoisotopic (exact) mass is 406 g/mol. The zero-order valence-corrected chi connectivity index (χ0v) is 16.8. The van der Waals surface area contributed by atoms with Crippen molar-refractivity contribution in [2.45, 2.75) is 20.4 Å². The van der Waals surface area contributed by atoms with E-state index in [0.717, 1.165) is 33.1 Å². The second-order valence-electron chi connectivity index (χ2n) is 6.61. The molecule has 0 N–H and O–H groups in total. The van der Waals surface area contributed by atoms with Crippen molar-refractivity contribution in [3.8, 4) is 17.2 Å². The number of aryl methyl sites for hydroxylation is 1. The first-order valence-corrected chi connectivity index (χ1v) is 10.1. The zero-order valence-electron chi connectivity index (χ0n) is 16.0. The smallest absolute Gasteiger partial charge is 0.283 e. The molecule has 1 aliphatic heterocycles. The van der Waals surface area contributed by atoms with Crippen molar-refractivity contribution in [1.82, 2.24) is 14.3 Å². The van der Waals surface area contributed by atoms with Crippen molar-refractivity contribution in [1.29, 1.82) is 0 Å². The minimum atomic E-state index is -0.307. The number of fused-ring (bicyclic) bond motifs is 2. The largest absolute Gasteiger partial charge is 0.454 e. The Labute approximate surface area is 170 Å². The molecule has 8 heteroatoms. The number of aromatic nitrogens is 3. The molecular weight excluding hydrogens is 388 g/mol. The van der Waals surface area contributed by atoms with E-state index in [9.17, 15) is 4.79 Å². The number of amides is 1. The molecule has 0 aliphatic carbocycles. The van der Waals surface area contributed by atoms with Gasteiger partial charge in [0.05, 0.1) is 33.4 Å². The van der Waals surface area contributed by atoms with Crippen LogP contribution in [0.5, 0.6) is 11.5 Å². The van der Waals surface area contributed by atoms with Gasteiger partial charge in [-0.25, -0.2) is 4.68 Å². The molecule has 7 nitrogen and oxygen atoms in total. The van der Waals surface area contributed by atoms with E-state index in [1.54, 1.807) is 10.9 Å². The summed E-state index contributed by atoms with van der Waals surface area (Å²) < 4.78 is 15.7. The van der Waals surface area contributed by atoms with E-state index < -0.39 is 0 Å². The van der Waals surface area contributed by atoms with Gasteiger partial charge in [0.25, 0.3) is 5.91 Å². The lowest BCUT2D eigenvalue weighted by atomic mass is 10.2. The summed E-state index contributed by atoms with van der Waals surface area (Å²) in [4.78, 5) is 18.0. The highest BCUT2D eigenvalue weighted by molar-refractivity contribution is 7.16. The number of nitrogens with zero attached hydrogens (tertiary/aromatic N) is 4. The van der Waals surface area contributed by atoms with Crippen LogP contribution in [0.1, 0.15) is 23.0 Å². The normalized spacial score (nSPS) is 13.4. The van der Waals surface area contributed by atoms with Crippen LogP contribution in [-0.4, -0.2) is 27.0 Å². The summed E-state index contributed by atoms with van der Waals surface area (Å²) in [6.45, 7) is 4.83. The summed E-state index contributed by atoms with van der Waals surface area (Å²) in [5.74, 6) is 1.13. The summed E-state index contributed by atoms with van der Waals surface area (Å²) in [7, 11) is 0. The standard InChI is InChI=1S/C21H18N4O3S/c1-3-24-16-9-17-18(28-12-27-17)10-19(16)29-21(24)23-20(26)15-11-22-25(13(15)2)14-7-5-4-6-8-14/h4-11H,3,12H2,1-2H3. The molecule has 0 saturated carbocycles. The Morgan fingerprint density at radius 2 is 1.97 bits per heavy atom. The van der Waals surface area contributed by atoms with Crippen LogP contribution in [0.2, 0.25) is 0 Å². The lowest BCUT2D eigenvalue weighted by molar-refractivity contribution is 0.0997. The highest BCUT2D eigenvalue weighted by Crippen LogP contribution is 2.36. The molecule has 4 aromatic rings. The van der Waals surface area contributed by atoms with Gasteiger partial charge in [-0.2, -0.15) is 10.1 Å². The van der Waals surface area contributed by atoms with E-state index in [1.165, 1.54) is 11.3 Å². The number of rotatable bonds is 3. The summed E-state index contributed by atoms with van der Waals surface area (Å²) in [5, 5.41) is 4.38. The van der Waals surface area contributed by atoms with Gasteiger partial charge in [0.2, 0.25) is 6.79 Å². The fourth-order valence-corrected chi connectivity index (χ4v) is 4.55. The van der Waals surface area contributed by atoms with Crippen molar-refractivity contribution < 1.29 is 14.3 Å². The average molecular weight is 406 g/mol. The van der Waals surface area contributed by atoms with Gasteiger partial charge in [0.1, 0.15) is 0 Å². The maximum atomic E-state index is 12.9. The van der Waals surface area contributed by atoms with Crippen molar-refractivity contribution in [3.63, 3.8) is 0 Å². The summed E-state index contributed by atoms with van der Waals surface area (Å²) in [6.07, 6.45) is 1.58. The van der Waals surface area contributed by atoms with Crippen LogP contribution in [-0.2, 0) is 6.54 Å². The predicted octanol–water partition coefficient (Wildman–Crippen LogP) is 3.69. The second kappa shape index (κ2) is 6.89. The minimum absolute atomic E-state index is 0.235. The van der Waals surface area contributed by atoms with Crippen molar-refractivity contribution >= 4 is 27.5 Å². The Morgan fingerprint density at radius 1 is 1.21 bits per heavy atom. The van der Waals surface area contributed by atoms with Crippen LogP contribution in [0, 0.1) is 6.92 Å². The van der Waals surface area contributed by atoms with Crippen LogP contribution in [0.25, 0.3) is 15.9 Å². The molecule has 29 heavy (non-hydrogen) atoms. The van der Waals surface area contributed by atoms with Crippen molar-refractivity contribution in [3.05, 3.63) is 64.7 Å². The van der Waals surface area contributed by atoms with Crippen LogP contribution in [0.3, 0.4) is 0 Å². The Morgan fingerprint density at radius 3 is 2.72 bits per heavy atom. The Kier molecular flexibility index (Phi) is 4.21. The summed E-state index contributed by atoms with van der Waals surface area (Å²) >= 11 is 1.46. The number of benzene rings is 2. The van der Waals surface area contributed by atoms with E-state index in [0.29, 0.717) is 16.9 Å². The van der Waals surface area contributed by atoms with E-state index in [4.69, 9.17) is 9.47 Å². The van der Waals surface area contributed by atoms with E-state index >= 15 is 0 Å². The molecular formula is C21H18N4O3S. The topological polar surface area (TPSA) is 70.6 Å². The van der Waals surface area contributed by atoms with Crippen LogP contribution in [0.15, 0.2) is 53.7 Å². The second-order valence-corrected chi connectivity index (χ2v) is 7.62. The molecule has 1 amide bonds. The summed E-state index contributed by atoms with van der Waals surface area (Å²) in [6, 6.07) is 13.6. The van der Waals surface area contributed by atoms with Gasteiger partial charge in [-0.15, -0.1) is 0 Å². The molecule has 0 radical (unpaired) electrons. The molecule has 5 rings (SSSR count). The minimum Gasteiger partial charge on any atom is -0.454 e. The fraction of sp³-hybridized carbons (Fsp3) is 0.190. The molecule has 146 valence electrons. The third kappa shape index (κ3) is 2.92. The molecule has 0 spiro atoms. The van der Waals surface area contributed by atoms with Gasteiger partial charge in [0.15, 0.2) is 16.3 Å². The molecule has 0 bridgehead atoms. The number of carbonyl (C=O) groups excluding carboxylic acids is 1. The van der Waals surface area contributed by atoms with Crippen LogP contribution in [0.4, 0.5) is 0 Å². The highest BCUT2D eigenvalue weighted by Gasteiger charge is 2.19. The van der Waals surface area contributed by atoms with E-state index in [2.05, 4.69) is 10.1 Å². The Balaban J connectivity index is 1.58. The van der Waals surface area contributed by atoms with Crippen molar-refractivity contribution in [2.75, 3.05) is 6.79 Å². The maximum absolute atomic E-state index is 12.9. The molecule has 0 atom stereocenters. The average Bonchev–Trinajstić information content (AvgIpc) is 3.42. The van der Waals surface area contributed by atoms with Gasteiger partial charge in [-0.3, -0.25) is 4.79 Å². The number of hydrogen-bond donors (Lipinski definition) is 0. The zero-order chi connectivity index (χ0) is 20.0. The molecule has 0 unspecified atom stereocenters. The number of hydrogen-bond acceptors (Lipinski definition) is 5. The first-order chi connectivity index (χ1) is 14.2. The molecule has 3 heterocycles. The maximum Gasteiger partial charge on any atom is 0.283 e. The number of thiazole rings is 1. The van der Waals surface area contributed by atoms with E-state index in [-0.39, 0.29) is 12.7 Å². The molecule has 2 aromatic heterocycles. The quantitative estimate of drug-likeness (QED) is 0.520. The Hall–Kier alpha value is -3.39. The van der Waals surface area contributed by atoms with Crippen molar-refractivity contribution in [2.24, 2.45) is 4.99 Å². The van der Waals surface area contributed by atoms with Crippen LogP contribution >= 0.6 is 11.3 Å². The number of para-hydroxylation sites is 1. The molecule has 0 fully saturated rings. The first kappa shape index (κ1) is 17.7. The van der Waals surface area contributed by atoms with Gasteiger partial charge >= 0.3 is 0 Å². The summed E-state index contributed by atoms with van der Waals surface area (Å²) in [5.41, 5.74) is 3.13. The lowest BCUT2D eigenvalue weighted by Crippen LogP contribution is -2.16. The first-order valence-electron chi connectivity index (χ1n) is 9.28. The lowest BCUT2D eigenvalue weighted by Gasteiger charge is -2.04. The molecule has 2 aromatic carbocycles. The van der Waals surface area contributed by atoms with Gasteiger partial charge in [-0.05, 0) is 26.0 Å². The number of carbonyl (C=O) groups is 1. The number of ether oxygens (including phenoxy) is 2. The van der Waals surface area contributed by atoms with Crippen LogP contribution < -0.4 is 14.3 Å². The SMILES string of the molecule is CCn1c(=NC(=O)c2cnn(-c3ccccc3)c2C)sc2cc3c(cc21)OCO3.